The lowest BCUT2D eigenvalue weighted by atomic mass is 10.1. The van der Waals surface area contributed by atoms with Crippen LogP contribution in [0.25, 0.3) is 0 Å². The first-order chi connectivity index (χ1) is 5.54. The van der Waals surface area contributed by atoms with E-state index in [-0.39, 0.29) is 11.3 Å². The van der Waals surface area contributed by atoms with Gasteiger partial charge in [-0.3, -0.25) is 4.99 Å². The molecule has 0 rings (SSSR count). The van der Waals surface area contributed by atoms with Gasteiger partial charge < -0.3 is 9.84 Å². The minimum atomic E-state index is -0.571. The molecule has 12 heavy (non-hydrogen) atoms. The zero-order valence-corrected chi connectivity index (χ0v) is 7.71. The molecule has 0 aliphatic carbocycles. The number of ether oxygens (including phenoxy) is 1. The van der Waals surface area contributed by atoms with E-state index in [9.17, 15) is 4.79 Å². The molecule has 0 bridgehead atoms. The second kappa shape index (κ2) is 4.54. The minimum absolute atomic E-state index is 0.0787. The van der Waals surface area contributed by atoms with Gasteiger partial charge in [0.05, 0.1) is 7.11 Å². The smallest absolute Gasteiger partial charge is 0.343 e. The van der Waals surface area contributed by atoms with E-state index >= 15 is 0 Å². The number of aliphatic imine (C=N–C) groups is 1. The van der Waals surface area contributed by atoms with Gasteiger partial charge in [0.2, 0.25) is 0 Å². The molecule has 4 heteroatoms. The van der Waals surface area contributed by atoms with Crippen LogP contribution in [0.2, 0.25) is 0 Å². The second-order valence-corrected chi connectivity index (χ2v) is 2.26. The summed E-state index contributed by atoms with van der Waals surface area (Å²) in [6.45, 7) is 3.05. The summed E-state index contributed by atoms with van der Waals surface area (Å²) in [5.74, 6) is -0.650. The number of rotatable bonds is 2. The molecule has 0 unspecified atom stereocenters. The van der Waals surface area contributed by atoms with Crippen LogP contribution in [0.15, 0.2) is 16.3 Å². The van der Waals surface area contributed by atoms with Crippen molar-refractivity contribution in [2.24, 2.45) is 4.99 Å². The molecule has 0 fully saturated rings. The molecule has 0 saturated carbocycles. The van der Waals surface area contributed by atoms with Gasteiger partial charge in [0.1, 0.15) is 11.3 Å². The summed E-state index contributed by atoms with van der Waals surface area (Å²) in [5, 5.41) is 9.11. The Morgan fingerprint density at radius 1 is 1.42 bits per heavy atom. The Balaban J connectivity index is 4.96. The molecule has 0 saturated heterocycles. The maximum absolute atomic E-state index is 11.0. The Morgan fingerprint density at radius 3 is 2.17 bits per heavy atom. The van der Waals surface area contributed by atoms with Crippen molar-refractivity contribution in [2.45, 2.75) is 13.8 Å². The van der Waals surface area contributed by atoms with Crippen LogP contribution in [-0.4, -0.2) is 30.9 Å². The van der Waals surface area contributed by atoms with Crippen molar-refractivity contribution >= 4 is 11.7 Å². The van der Waals surface area contributed by atoms with Crippen molar-refractivity contribution in [3.8, 4) is 0 Å². The molecule has 0 aromatic carbocycles. The summed E-state index contributed by atoms with van der Waals surface area (Å²) >= 11 is 0. The Hall–Kier alpha value is -1.32. The van der Waals surface area contributed by atoms with Gasteiger partial charge in [-0.1, -0.05) is 0 Å². The van der Waals surface area contributed by atoms with E-state index < -0.39 is 5.97 Å². The van der Waals surface area contributed by atoms with Gasteiger partial charge >= 0.3 is 5.97 Å². The van der Waals surface area contributed by atoms with E-state index in [2.05, 4.69) is 9.73 Å². The zero-order chi connectivity index (χ0) is 9.72. The van der Waals surface area contributed by atoms with Gasteiger partial charge in [0.15, 0.2) is 0 Å². The summed E-state index contributed by atoms with van der Waals surface area (Å²) in [4.78, 5) is 14.8. The van der Waals surface area contributed by atoms with Crippen LogP contribution in [0, 0.1) is 0 Å². The van der Waals surface area contributed by atoms with E-state index in [4.69, 9.17) is 5.11 Å². The highest BCUT2D eigenvalue weighted by Crippen LogP contribution is 2.05. The average Bonchev–Trinajstić information content (AvgIpc) is 2.03. The zero-order valence-electron chi connectivity index (χ0n) is 7.71. The van der Waals surface area contributed by atoms with E-state index in [1.807, 2.05) is 0 Å². The highest BCUT2D eigenvalue weighted by atomic mass is 16.5. The maximum Gasteiger partial charge on any atom is 0.343 e. The number of esters is 1. The van der Waals surface area contributed by atoms with Gasteiger partial charge in [-0.2, -0.15) is 0 Å². The Morgan fingerprint density at radius 2 is 1.92 bits per heavy atom. The number of methoxy groups -OCH3 is 1. The molecule has 0 spiro atoms. The molecule has 0 heterocycles. The summed E-state index contributed by atoms with van der Waals surface area (Å²) in [6.07, 6.45) is 0. The molecule has 0 aromatic heterocycles. The predicted octanol–water partition coefficient (Wildman–Crippen LogP) is 1.08. The quantitative estimate of drug-likeness (QED) is 0.293. The Bertz CT molecular complexity index is 237. The fourth-order valence-corrected chi connectivity index (χ4v) is 0.771. The van der Waals surface area contributed by atoms with Crippen LogP contribution < -0.4 is 0 Å². The van der Waals surface area contributed by atoms with E-state index in [1.54, 1.807) is 14.0 Å². The molecule has 1 N–H and O–H groups in total. The number of aliphatic hydroxyl groups excluding tert-OH is 1. The fourth-order valence-electron chi connectivity index (χ4n) is 0.771. The second-order valence-electron chi connectivity index (χ2n) is 2.26. The van der Waals surface area contributed by atoms with Crippen molar-refractivity contribution in [3.63, 3.8) is 0 Å². The van der Waals surface area contributed by atoms with Gasteiger partial charge in [-0.05, 0) is 13.8 Å². The molecule has 0 aromatic rings. The van der Waals surface area contributed by atoms with Crippen LogP contribution in [0.4, 0.5) is 0 Å². The summed E-state index contributed by atoms with van der Waals surface area (Å²) < 4.78 is 4.46. The number of carbonyl (C=O) groups excluding carboxylic acids is 1. The molecule has 4 nitrogen and oxygen atoms in total. The largest absolute Gasteiger partial charge is 0.512 e. The highest BCUT2D eigenvalue weighted by Gasteiger charge is 2.15. The first-order valence-electron chi connectivity index (χ1n) is 3.46. The lowest BCUT2D eigenvalue weighted by Crippen LogP contribution is -2.14. The number of nitrogens with zero attached hydrogens (tertiary/aromatic N) is 1. The lowest BCUT2D eigenvalue weighted by molar-refractivity contribution is -0.135. The van der Waals surface area contributed by atoms with E-state index in [0.717, 1.165) is 0 Å². The van der Waals surface area contributed by atoms with Crippen molar-refractivity contribution < 1.29 is 14.6 Å². The van der Waals surface area contributed by atoms with Crippen molar-refractivity contribution in [3.05, 3.63) is 11.3 Å². The van der Waals surface area contributed by atoms with Gasteiger partial charge in [0, 0.05) is 12.8 Å². The first-order valence-corrected chi connectivity index (χ1v) is 3.46. The number of hydrogen-bond acceptors (Lipinski definition) is 4. The normalized spacial score (nSPS) is 13.8. The summed E-state index contributed by atoms with van der Waals surface area (Å²) in [6, 6.07) is 0. The van der Waals surface area contributed by atoms with Gasteiger partial charge in [-0.25, -0.2) is 4.79 Å². The number of allylic oxidation sites excluding steroid dienone is 1. The standard InChI is InChI=1S/C8H13NO3/c1-5(9-3)7(6(2)10)8(11)12-4/h10H,1-4H3/b7-6-,9-5?. The third-order valence-corrected chi connectivity index (χ3v) is 1.45. The molecular weight excluding hydrogens is 158 g/mol. The lowest BCUT2D eigenvalue weighted by Gasteiger charge is -2.04. The molecular formula is C8H13NO3. The van der Waals surface area contributed by atoms with Crippen molar-refractivity contribution in [2.75, 3.05) is 14.2 Å². The first kappa shape index (κ1) is 10.7. The molecule has 0 atom stereocenters. The SMILES string of the molecule is CN=C(C)/C(C(=O)OC)=C(\C)O. The maximum atomic E-state index is 11.0. The van der Waals surface area contributed by atoms with Crippen LogP contribution in [-0.2, 0) is 9.53 Å². The van der Waals surface area contributed by atoms with Crippen LogP contribution in [0.1, 0.15) is 13.8 Å². The predicted molar refractivity (Wildman–Crippen MR) is 46.4 cm³/mol. The highest BCUT2D eigenvalue weighted by molar-refractivity contribution is 6.19. The average molecular weight is 171 g/mol. The van der Waals surface area contributed by atoms with Crippen LogP contribution >= 0.6 is 0 Å². The van der Waals surface area contributed by atoms with E-state index in [0.29, 0.717) is 5.71 Å². The fraction of sp³-hybridized carbons (Fsp3) is 0.500. The van der Waals surface area contributed by atoms with Crippen molar-refractivity contribution in [1.82, 2.24) is 0 Å². The Kier molecular flexibility index (Phi) is 4.04. The van der Waals surface area contributed by atoms with Gasteiger partial charge in [0.25, 0.3) is 0 Å². The molecule has 68 valence electrons. The number of aliphatic hydroxyl groups is 1. The summed E-state index contributed by atoms with van der Waals surface area (Å²) in [7, 11) is 2.80. The van der Waals surface area contributed by atoms with Gasteiger partial charge in [-0.15, -0.1) is 0 Å². The van der Waals surface area contributed by atoms with Crippen LogP contribution in [0.3, 0.4) is 0 Å². The minimum Gasteiger partial charge on any atom is -0.512 e. The molecule has 0 aliphatic heterocycles. The summed E-state index contributed by atoms with van der Waals surface area (Å²) in [5.41, 5.74) is 0.585. The molecule has 0 radical (unpaired) electrons. The van der Waals surface area contributed by atoms with Crippen molar-refractivity contribution in [1.29, 1.82) is 0 Å². The third kappa shape index (κ3) is 2.38. The molecule has 0 amide bonds. The monoisotopic (exact) mass is 171 g/mol. The topological polar surface area (TPSA) is 58.9 Å². The molecule has 0 aliphatic rings. The Labute approximate surface area is 71.6 Å². The van der Waals surface area contributed by atoms with E-state index in [1.165, 1.54) is 14.0 Å². The number of carbonyl (C=O) groups is 1. The number of hydrogen-bond donors (Lipinski definition) is 1. The van der Waals surface area contributed by atoms with Crippen LogP contribution in [0.5, 0.6) is 0 Å². The third-order valence-electron chi connectivity index (χ3n) is 1.45.